The SMILES string of the molecule is O=[N+]([O-])CC1=NCCN1Cc1cncc(Br)c1. The minimum Gasteiger partial charge on any atom is -0.349 e. The van der Waals surface area contributed by atoms with Gasteiger partial charge in [0.15, 0.2) is 5.84 Å². The standard InChI is InChI=1S/C10H11BrN4O2/c11-9-3-8(4-12-5-9)6-14-2-1-13-10(14)7-15(16)17/h3-5H,1-2,6-7H2. The molecular formula is C10H11BrN4O2. The summed E-state index contributed by atoms with van der Waals surface area (Å²) in [4.78, 5) is 20.3. The fraction of sp³-hybridized carbons (Fsp3) is 0.400. The van der Waals surface area contributed by atoms with Crippen molar-refractivity contribution in [1.29, 1.82) is 0 Å². The van der Waals surface area contributed by atoms with Crippen LogP contribution in [0, 0.1) is 10.1 Å². The van der Waals surface area contributed by atoms with E-state index in [4.69, 9.17) is 0 Å². The number of aliphatic imine (C=N–C) groups is 1. The zero-order valence-electron chi connectivity index (χ0n) is 9.04. The highest BCUT2D eigenvalue weighted by atomic mass is 79.9. The molecule has 1 aliphatic heterocycles. The number of aromatic nitrogens is 1. The van der Waals surface area contributed by atoms with Gasteiger partial charge in [-0.05, 0) is 27.6 Å². The van der Waals surface area contributed by atoms with Gasteiger partial charge < -0.3 is 4.90 Å². The maximum atomic E-state index is 10.5. The second-order valence-electron chi connectivity index (χ2n) is 3.72. The molecule has 0 aromatic carbocycles. The molecule has 0 spiro atoms. The van der Waals surface area contributed by atoms with Crippen molar-refractivity contribution < 1.29 is 4.92 Å². The Hall–Kier alpha value is -1.50. The van der Waals surface area contributed by atoms with Gasteiger partial charge in [-0.1, -0.05) is 0 Å². The maximum absolute atomic E-state index is 10.5. The molecule has 0 unspecified atom stereocenters. The van der Waals surface area contributed by atoms with Gasteiger partial charge in [0, 0.05) is 34.9 Å². The van der Waals surface area contributed by atoms with Gasteiger partial charge in [-0.3, -0.25) is 20.1 Å². The van der Waals surface area contributed by atoms with E-state index in [1.807, 2.05) is 11.0 Å². The van der Waals surface area contributed by atoms with Gasteiger partial charge in [0.1, 0.15) is 0 Å². The van der Waals surface area contributed by atoms with Crippen LogP contribution in [0.2, 0.25) is 0 Å². The fourth-order valence-electron chi connectivity index (χ4n) is 1.73. The molecule has 0 saturated heterocycles. The molecule has 7 heteroatoms. The molecule has 0 bridgehead atoms. The Labute approximate surface area is 107 Å². The monoisotopic (exact) mass is 298 g/mol. The van der Waals surface area contributed by atoms with Crippen LogP contribution in [0.25, 0.3) is 0 Å². The number of rotatable bonds is 4. The van der Waals surface area contributed by atoms with E-state index in [1.54, 1.807) is 12.4 Å². The second-order valence-corrected chi connectivity index (χ2v) is 4.64. The Morgan fingerprint density at radius 3 is 3.06 bits per heavy atom. The molecule has 0 atom stereocenters. The number of nitrogens with zero attached hydrogens (tertiary/aromatic N) is 4. The molecule has 0 N–H and O–H groups in total. The lowest BCUT2D eigenvalue weighted by molar-refractivity contribution is -0.464. The van der Waals surface area contributed by atoms with Crippen LogP contribution in [0.5, 0.6) is 0 Å². The Morgan fingerprint density at radius 1 is 1.53 bits per heavy atom. The molecule has 1 aromatic heterocycles. The zero-order valence-corrected chi connectivity index (χ0v) is 10.6. The zero-order chi connectivity index (χ0) is 12.3. The second kappa shape index (κ2) is 5.22. The molecule has 2 heterocycles. The van der Waals surface area contributed by atoms with Crippen LogP contribution in [0.3, 0.4) is 0 Å². The van der Waals surface area contributed by atoms with Crippen molar-refractivity contribution in [3.8, 4) is 0 Å². The molecule has 0 fully saturated rings. The first-order valence-electron chi connectivity index (χ1n) is 5.14. The highest BCUT2D eigenvalue weighted by Gasteiger charge is 2.21. The first kappa shape index (κ1) is 12.0. The predicted molar refractivity (Wildman–Crippen MR) is 66.5 cm³/mol. The normalized spacial score (nSPS) is 14.9. The van der Waals surface area contributed by atoms with Gasteiger partial charge in [-0.15, -0.1) is 0 Å². The molecule has 0 amide bonds. The van der Waals surface area contributed by atoms with E-state index in [-0.39, 0.29) is 11.5 Å². The largest absolute Gasteiger partial charge is 0.349 e. The third-order valence-corrected chi connectivity index (χ3v) is 2.87. The van der Waals surface area contributed by atoms with E-state index < -0.39 is 0 Å². The van der Waals surface area contributed by atoms with E-state index in [1.165, 1.54) is 0 Å². The summed E-state index contributed by atoms with van der Waals surface area (Å²) in [5.74, 6) is 0.551. The summed E-state index contributed by atoms with van der Waals surface area (Å²) in [6.07, 6.45) is 3.46. The number of hydrogen-bond acceptors (Lipinski definition) is 5. The average molecular weight is 299 g/mol. The first-order valence-corrected chi connectivity index (χ1v) is 5.94. The Bertz CT molecular complexity index is 463. The van der Waals surface area contributed by atoms with Crippen LogP contribution < -0.4 is 0 Å². The molecule has 6 nitrogen and oxygen atoms in total. The summed E-state index contributed by atoms with van der Waals surface area (Å²) in [6, 6.07) is 1.95. The minimum absolute atomic E-state index is 0.207. The molecule has 1 aromatic rings. The maximum Gasteiger partial charge on any atom is 0.260 e. The Kier molecular flexibility index (Phi) is 3.68. The van der Waals surface area contributed by atoms with Crippen LogP contribution >= 0.6 is 15.9 Å². The van der Waals surface area contributed by atoms with Crippen LogP contribution in [0.4, 0.5) is 0 Å². The lowest BCUT2D eigenvalue weighted by Gasteiger charge is -2.17. The topological polar surface area (TPSA) is 71.6 Å². The molecule has 0 saturated carbocycles. The molecule has 17 heavy (non-hydrogen) atoms. The summed E-state index contributed by atoms with van der Waals surface area (Å²) in [7, 11) is 0. The summed E-state index contributed by atoms with van der Waals surface area (Å²) in [6.45, 7) is 1.76. The van der Waals surface area contributed by atoms with Gasteiger partial charge in [0.2, 0.25) is 0 Å². The van der Waals surface area contributed by atoms with Crippen molar-refractivity contribution >= 4 is 21.8 Å². The van der Waals surface area contributed by atoms with Gasteiger partial charge in [0.25, 0.3) is 6.54 Å². The van der Waals surface area contributed by atoms with Gasteiger partial charge in [-0.25, -0.2) is 0 Å². The third-order valence-electron chi connectivity index (χ3n) is 2.43. The van der Waals surface area contributed by atoms with E-state index >= 15 is 0 Å². The van der Waals surface area contributed by atoms with Gasteiger partial charge in [-0.2, -0.15) is 0 Å². The Balaban J connectivity index is 2.04. The van der Waals surface area contributed by atoms with Crippen LogP contribution in [0.15, 0.2) is 27.9 Å². The van der Waals surface area contributed by atoms with E-state index in [9.17, 15) is 10.1 Å². The predicted octanol–water partition coefficient (Wildman–Crippen LogP) is 1.33. The highest BCUT2D eigenvalue weighted by Crippen LogP contribution is 2.13. The average Bonchev–Trinajstić information content (AvgIpc) is 2.65. The van der Waals surface area contributed by atoms with Crippen molar-refractivity contribution in [3.05, 3.63) is 38.6 Å². The molecule has 0 radical (unpaired) electrons. The van der Waals surface area contributed by atoms with Crippen molar-refractivity contribution in [2.75, 3.05) is 19.6 Å². The van der Waals surface area contributed by atoms with Gasteiger partial charge in [0.05, 0.1) is 6.54 Å². The van der Waals surface area contributed by atoms with Crippen LogP contribution in [-0.4, -0.2) is 40.3 Å². The third kappa shape index (κ3) is 3.23. The summed E-state index contributed by atoms with van der Waals surface area (Å²) in [5.41, 5.74) is 1.01. The first-order chi connectivity index (χ1) is 8.15. The minimum atomic E-state index is -0.351. The van der Waals surface area contributed by atoms with Crippen LogP contribution in [0.1, 0.15) is 5.56 Å². The van der Waals surface area contributed by atoms with Gasteiger partial charge >= 0.3 is 0 Å². The number of nitro groups is 1. The van der Waals surface area contributed by atoms with Crippen molar-refractivity contribution in [1.82, 2.24) is 9.88 Å². The molecule has 1 aliphatic rings. The highest BCUT2D eigenvalue weighted by molar-refractivity contribution is 9.10. The lowest BCUT2D eigenvalue weighted by atomic mass is 10.2. The molecule has 90 valence electrons. The Morgan fingerprint density at radius 2 is 2.35 bits per heavy atom. The molecule has 0 aliphatic carbocycles. The molecular weight excluding hydrogens is 288 g/mol. The molecule has 2 rings (SSSR count). The van der Waals surface area contributed by atoms with Crippen molar-refractivity contribution in [3.63, 3.8) is 0 Å². The quantitative estimate of drug-likeness (QED) is 0.621. The smallest absolute Gasteiger partial charge is 0.260 e. The van der Waals surface area contributed by atoms with E-state index in [2.05, 4.69) is 25.9 Å². The van der Waals surface area contributed by atoms with Crippen molar-refractivity contribution in [2.45, 2.75) is 6.54 Å². The summed E-state index contributed by atoms with van der Waals surface area (Å²) >= 11 is 3.35. The number of amidine groups is 1. The van der Waals surface area contributed by atoms with Crippen molar-refractivity contribution in [2.24, 2.45) is 4.99 Å². The summed E-state index contributed by atoms with van der Waals surface area (Å²) < 4.78 is 0.905. The lowest BCUT2D eigenvalue weighted by Crippen LogP contribution is -2.32. The van der Waals surface area contributed by atoms with Crippen LogP contribution in [-0.2, 0) is 6.54 Å². The summed E-state index contributed by atoms with van der Waals surface area (Å²) in [5, 5.41) is 10.5. The number of pyridine rings is 1. The van der Waals surface area contributed by atoms with E-state index in [0.717, 1.165) is 16.6 Å². The number of hydrogen-bond donors (Lipinski definition) is 0. The van der Waals surface area contributed by atoms with E-state index in [0.29, 0.717) is 18.9 Å². The fourth-order valence-corrected chi connectivity index (χ4v) is 2.14. The number of halogens is 1.